The fourth-order valence-electron chi connectivity index (χ4n) is 5.98. The van der Waals surface area contributed by atoms with Crippen molar-refractivity contribution in [3.63, 3.8) is 0 Å². The quantitative estimate of drug-likeness (QED) is 0.472. The molecule has 1 aromatic carbocycles. The lowest BCUT2D eigenvalue weighted by atomic mass is 9.66. The number of fused-ring (bicyclic) bond motifs is 1. The first-order valence-corrected chi connectivity index (χ1v) is 12.4. The summed E-state index contributed by atoms with van der Waals surface area (Å²) in [6.45, 7) is 2.60. The Morgan fingerprint density at radius 1 is 1.18 bits per heavy atom. The van der Waals surface area contributed by atoms with Crippen LogP contribution in [0.1, 0.15) is 39.0 Å². The SMILES string of the molecule is CNC(=O)[C@H]1[C@H]2C(=O)N(CCCCCO)C(C(=O)Nc3ccc(OC)cc3)C23CC[C@]1(C)S3. The van der Waals surface area contributed by atoms with Crippen molar-refractivity contribution in [3.8, 4) is 5.75 Å². The van der Waals surface area contributed by atoms with E-state index in [1.807, 2.05) is 0 Å². The molecular weight excluding hydrogens is 442 g/mol. The highest BCUT2D eigenvalue weighted by atomic mass is 32.2. The molecule has 3 fully saturated rings. The molecule has 0 saturated carbocycles. The van der Waals surface area contributed by atoms with E-state index < -0.39 is 22.6 Å². The Hall–Kier alpha value is -2.26. The lowest BCUT2D eigenvalue weighted by Gasteiger charge is -2.34. The summed E-state index contributed by atoms with van der Waals surface area (Å²) in [4.78, 5) is 42.0. The van der Waals surface area contributed by atoms with Gasteiger partial charge in [0.15, 0.2) is 0 Å². The van der Waals surface area contributed by atoms with Crippen LogP contribution < -0.4 is 15.4 Å². The molecule has 180 valence electrons. The number of nitrogens with zero attached hydrogens (tertiary/aromatic N) is 1. The van der Waals surface area contributed by atoms with E-state index in [1.54, 1.807) is 55.1 Å². The van der Waals surface area contributed by atoms with Crippen LogP contribution in [0.5, 0.6) is 5.75 Å². The third kappa shape index (κ3) is 3.89. The van der Waals surface area contributed by atoms with E-state index in [0.717, 1.165) is 19.3 Å². The van der Waals surface area contributed by atoms with Crippen LogP contribution in [-0.2, 0) is 14.4 Å². The maximum atomic E-state index is 13.7. The number of hydrogen-bond donors (Lipinski definition) is 3. The van der Waals surface area contributed by atoms with E-state index in [9.17, 15) is 14.4 Å². The van der Waals surface area contributed by atoms with Crippen LogP contribution in [0.3, 0.4) is 0 Å². The van der Waals surface area contributed by atoms with Crippen LogP contribution in [0.2, 0.25) is 0 Å². The smallest absolute Gasteiger partial charge is 0.248 e. The number of carbonyl (C=O) groups is 3. The molecule has 0 aliphatic carbocycles. The lowest BCUT2D eigenvalue weighted by Crippen LogP contribution is -2.52. The molecule has 3 N–H and O–H groups in total. The number of nitrogens with one attached hydrogen (secondary N) is 2. The van der Waals surface area contributed by atoms with Gasteiger partial charge in [0.2, 0.25) is 17.7 Å². The molecule has 3 heterocycles. The van der Waals surface area contributed by atoms with Crippen molar-refractivity contribution in [1.82, 2.24) is 10.2 Å². The number of methoxy groups -OCH3 is 1. The molecule has 3 aliphatic rings. The van der Waals surface area contributed by atoms with Gasteiger partial charge in [-0.2, -0.15) is 0 Å². The molecule has 5 atom stereocenters. The van der Waals surface area contributed by atoms with E-state index in [2.05, 4.69) is 17.6 Å². The van der Waals surface area contributed by atoms with E-state index in [-0.39, 0.29) is 29.1 Å². The number of aliphatic hydroxyl groups is 1. The third-order valence-electron chi connectivity index (χ3n) is 7.47. The van der Waals surface area contributed by atoms with Crippen LogP contribution in [0.25, 0.3) is 0 Å². The Kier molecular flexibility index (Phi) is 6.64. The number of likely N-dealkylation sites (tertiary alicyclic amines) is 1. The van der Waals surface area contributed by atoms with Gasteiger partial charge >= 0.3 is 0 Å². The molecule has 8 nitrogen and oxygen atoms in total. The zero-order valence-corrected chi connectivity index (χ0v) is 20.2. The lowest BCUT2D eigenvalue weighted by molar-refractivity contribution is -0.140. The molecule has 0 radical (unpaired) electrons. The van der Waals surface area contributed by atoms with Gasteiger partial charge in [0.25, 0.3) is 0 Å². The average Bonchev–Trinajstić information content (AvgIpc) is 3.37. The van der Waals surface area contributed by atoms with Gasteiger partial charge in [-0.25, -0.2) is 0 Å². The first-order valence-electron chi connectivity index (χ1n) is 11.6. The van der Waals surface area contributed by atoms with Crippen molar-refractivity contribution in [3.05, 3.63) is 24.3 Å². The summed E-state index contributed by atoms with van der Waals surface area (Å²) in [6.07, 6.45) is 3.66. The Morgan fingerprint density at radius 3 is 2.55 bits per heavy atom. The highest BCUT2D eigenvalue weighted by Gasteiger charge is 2.76. The van der Waals surface area contributed by atoms with Gasteiger partial charge in [-0.05, 0) is 63.3 Å². The second-order valence-electron chi connectivity index (χ2n) is 9.38. The Labute approximate surface area is 198 Å². The zero-order chi connectivity index (χ0) is 23.8. The first kappa shape index (κ1) is 23.9. The molecular formula is C24H33N3O5S. The Morgan fingerprint density at radius 2 is 1.91 bits per heavy atom. The molecule has 3 amide bonds. The maximum Gasteiger partial charge on any atom is 0.248 e. The van der Waals surface area contributed by atoms with Gasteiger partial charge in [0.05, 0.1) is 23.7 Å². The number of unbranched alkanes of at least 4 members (excludes halogenated alkanes) is 2. The summed E-state index contributed by atoms with van der Waals surface area (Å²) in [5.41, 5.74) is 0.639. The predicted octanol–water partition coefficient (Wildman–Crippen LogP) is 2.02. The van der Waals surface area contributed by atoms with Gasteiger partial charge in [-0.1, -0.05) is 0 Å². The summed E-state index contributed by atoms with van der Waals surface area (Å²) in [5, 5.41) is 14.9. The number of aliphatic hydroxyl groups excluding tert-OH is 1. The van der Waals surface area contributed by atoms with Gasteiger partial charge in [-0.15, -0.1) is 11.8 Å². The van der Waals surface area contributed by atoms with Crippen LogP contribution in [0.15, 0.2) is 24.3 Å². The van der Waals surface area contributed by atoms with Crippen LogP contribution in [0, 0.1) is 11.8 Å². The van der Waals surface area contributed by atoms with Crippen LogP contribution in [0.4, 0.5) is 5.69 Å². The molecule has 1 aromatic rings. The first-order chi connectivity index (χ1) is 15.8. The molecule has 2 unspecified atom stereocenters. The molecule has 4 rings (SSSR count). The minimum absolute atomic E-state index is 0.0987. The normalized spacial score (nSPS) is 32.1. The number of ether oxygens (including phenoxy) is 1. The highest BCUT2D eigenvalue weighted by Crippen LogP contribution is 2.71. The minimum Gasteiger partial charge on any atom is -0.497 e. The van der Waals surface area contributed by atoms with Gasteiger partial charge in [-0.3, -0.25) is 14.4 Å². The molecule has 3 saturated heterocycles. The molecule has 2 bridgehead atoms. The Balaban J connectivity index is 1.65. The minimum atomic E-state index is -0.646. The second kappa shape index (κ2) is 9.18. The van der Waals surface area contributed by atoms with Crippen molar-refractivity contribution in [2.75, 3.05) is 32.6 Å². The van der Waals surface area contributed by atoms with Crippen molar-refractivity contribution in [2.45, 2.75) is 54.6 Å². The van der Waals surface area contributed by atoms with Crippen molar-refractivity contribution in [1.29, 1.82) is 0 Å². The maximum absolute atomic E-state index is 13.7. The van der Waals surface area contributed by atoms with Gasteiger partial charge in [0.1, 0.15) is 11.8 Å². The van der Waals surface area contributed by atoms with E-state index in [1.165, 1.54) is 0 Å². The van der Waals surface area contributed by atoms with Crippen molar-refractivity contribution in [2.24, 2.45) is 11.8 Å². The van der Waals surface area contributed by atoms with Crippen LogP contribution >= 0.6 is 11.8 Å². The number of anilines is 1. The van der Waals surface area contributed by atoms with Gasteiger partial charge in [0, 0.05) is 30.6 Å². The Bertz CT molecular complexity index is 925. The average molecular weight is 476 g/mol. The molecule has 33 heavy (non-hydrogen) atoms. The fraction of sp³-hybridized carbons (Fsp3) is 0.625. The topological polar surface area (TPSA) is 108 Å². The van der Waals surface area contributed by atoms with Crippen molar-refractivity contribution >= 4 is 35.2 Å². The summed E-state index contributed by atoms with van der Waals surface area (Å²) in [5.74, 6) is -0.704. The number of benzene rings is 1. The molecule has 3 aliphatic heterocycles. The zero-order valence-electron chi connectivity index (χ0n) is 19.4. The van der Waals surface area contributed by atoms with E-state index in [4.69, 9.17) is 9.84 Å². The van der Waals surface area contributed by atoms with Crippen molar-refractivity contribution < 1.29 is 24.2 Å². The van der Waals surface area contributed by atoms with Gasteiger partial charge < -0.3 is 25.4 Å². The number of thioether (sulfide) groups is 1. The van der Waals surface area contributed by atoms with E-state index >= 15 is 0 Å². The summed E-state index contributed by atoms with van der Waals surface area (Å²) >= 11 is 1.66. The fourth-order valence-corrected chi connectivity index (χ4v) is 8.34. The molecule has 1 spiro atoms. The molecule has 9 heteroatoms. The highest BCUT2D eigenvalue weighted by molar-refractivity contribution is 8.02. The third-order valence-corrected chi connectivity index (χ3v) is 9.45. The largest absolute Gasteiger partial charge is 0.497 e. The number of hydrogen-bond acceptors (Lipinski definition) is 6. The molecule has 0 aromatic heterocycles. The number of amides is 3. The number of rotatable bonds is 9. The summed E-state index contributed by atoms with van der Waals surface area (Å²) in [6, 6.07) is 6.47. The predicted molar refractivity (Wildman–Crippen MR) is 127 cm³/mol. The number of carbonyl (C=O) groups excluding carboxylic acids is 3. The standard InChI is InChI=1S/C24H33N3O5S/c1-23-11-12-24(33-23)18(17(23)20(29)25-2)22(31)27(13-5-4-6-14-28)19(24)21(30)26-15-7-9-16(32-3)10-8-15/h7-10,17-19,28H,4-6,11-14H2,1-3H3,(H,25,29)(H,26,30)/t17-,18+,19?,23+,24?/m1/s1. The second-order valence-corrected chi connectivity index (χ2v) is 11.3. The summed E-state index contributed by atoms with van der Waals surface area (Å²) < 4.78 is 4.22. The summed E-state index contributed by atoms with van der Waals surface area (Å²) in [7, 11) is 3.19. The monoisotopic (exact) mass is 475 g/mol. The van der Waals surface area contributed by atoms with E-state index in [0.29, 0.717) is 30.8 Å². The van der Waals surface area contributed by atoms with Crippen LogP contribution in [-0.4, -0.2) is 70.6 Å².